The van der Waals surface area contributed by atoms with Gasteiger partial charge < -0.3 is 19.9 Å². The Kier molecular flexibility index (Phi) is 10.6. The van der Waals surface area contributed by atoms with E-state index in [-0.39, 0.29) is 66.7 Å². The van der Waals surface area contributed by atoms with E-state index in [4.69, 9.17) is 16.3 Å². The van der Waals surface area contributed by atoms with E-state index in [9.17, 15) is 18.0 Å². The van der Waals surface area contributed by atoms with Crippen LogP contribution in [0.3, 0.4) is 0 Å². The van der Waals surface area contributed by atoms with Gasteiger partial charge >= 0.3 is 6.09 Å². The van der Waals surface area contributed by atoms with Crippen molar-refractivity contribution in [1.29, 1.82) is 0 Å². The zero-order valence-electron chi connectivity index (χ0n) is 27.6. The van der Waals surface area contributed by atoms with E-state index in [1.807, 2.05) is 7.05 Å². The highest BCUT2D eigenvalue weighted by atomic mass is 35.5. The summed E-state index contributed by atoms with van der Waals surface area (Å²) in [5, 5.41) is 3.14. The third-order valence-electron chi connectivity index (χ3n) is 9.02. The summed E-state index contributed by atoms with van der Waals surface area (Å²) in [4.78, 5) is 35.9. The largest absolute Gasteiger partial charge is 0.728 e. The molecule has 1 aliphatic carbocycles. The first-order valence-corrected chi connectivity index (χ1v) is 18.0. The van der Waals surface area contributed by atoms with Gasteiger partial charge in [0, 0.05) is 62.4 Å². The third-order valence-corrected chi connectivity index (χ3v) is 11.1. The first-order chi connectivity index (χ1) is 22.6. The molecule has 11 nitrogen and oxygen atoms in total. The van der Waals surface area contributed by atoms with Crippen molar-refractivity contribution in [2.24, 2.45) is 11.8 Å². The predicted octanol–water partition coefficient (Wildman–Crippen LogP) is 5.74. The average Bonchev–Trinajstić information content (AvgIpc) is 3.43. The number of carbonyl (C=O) groups excluding carboxylic acids is 2. The van der Waals surface area contributed by atoms with Crippen LogP contribution in [-0.2, 0) is 25.5 Å². The van der Waals surface area contributed by atoms with Gasteiger partial charge in [-0.2, -0.15) is 9.10 Å². The maximum Gasteiger partial charge on any atom is 0.728 e. The minimum Gasteiger partial charge on any atom is -0.392 e. The van der Waals surface area contributed by atoms with Crippen molar-refractivity contribution in [2.75, 3.05) is 49.6 Å². The van der Waals surface area contributed by atoms with Crippen molar-refractivity contribution >= 4 is 45.1 Å². The van der Waals surface area contributed by atoms with E-state index in [1.54, 1.807) is 37.8 Å². The number of benzene rings is 1. The van der Waals surface area contributed by atoms with E-state index >= 15 is 8.78 Å². The zero-order valence-corrected chi connectivity index (χ0v) is 29.2. The van der Waals surface area contributed by atoms with Crippen molar-refractivity contribution in [3.63, 3.8) is 0 Å². The highest BCUT2D eigenvalue weighted by Crippen LogP contribution is 2.45. The fourth-order valence-corrected chi connectivity index (χ4v) is 8.02. The van der Waals surface area contributed by atoms with Gasteiger partial charge in [-0.05, 0) is 89.9 Å². The molecule has 1 unspecified atom stereocenters. The Morgan fingerprint density at radius 1 is 1.06 bits per heavy atom. The second-order valence-electron chi connectivity index (χ2n) is 13.5. The summed E-state index contributed by atoms with van der Waals surface area (Å²) in [6, 6.07) is 11.6. The second kappa shape index (κ2) is 14.2. The highest BCUT2D eigenvalue weighted by molar-refractivity contribution is 7.89. The van der Waals surface area contributed by atoms with Crippen molar-refractivity contribution in [3.8, 4) is 6.07 Å². The van der Waals surface area contributed by atoms with Crippen LogP contribution in [0.4, 0.5) is 25.1 Å². The Bertz CT molecular complexity index is 1680. The van der Waals surface area contributed by atoms with Crippen LogP contribution in [0.1, 0.15) is 58.4 Å². The van der Waals surface area contributed by atoms with Gasteiger partial charge in [-0.15, -0.1) is 0 Å². The number of anilines is 2. The SMILES string of the molecule is CNC1CCC(C(F)(F)c2cc(Cl)nc(N3CCN(S(=O)(=O)c4ccc(N5CC(C#[N+]C(=O)OC(C)(C)C)CC5=O)cc4)CC3)c2)CC1. The summed E-state index contributed by atoms with van der Waals surface area (Å²) in [5.41, 5.74) is -0.352. The van der Waals surface area contributed by atoms with Crippen LogP contribution in [0.5, 0.6) is 0 Å². The van der Waals surface area contributed by atoms with Gasteiger partial charge in [0.15, 0.2) is 0 Å². The zero-order chi connectivity index (χ0) is 34.9. The monoisotopic (exact) mass is 707 g/mol. The number of sulfonamides is 1. The lowest BCUT2D eigenvalue weighted by atomic mass is 9.80. The topological polar surface area (TPSA) is 117 Å². The molecule has 1 N–H and O–H groups in total. The van der Waals surface area contributed by atoms with Gasteiger partial charge in [0.2, 0.25) is 15.9 Å². The number of nitrogens with zero attached hydrogens (tertiary/aromatic N) is 5. The minimum absolute atomic E-state index is 0.0303. The summed E-state index contributed by atoms with van der Waals surface area (Å²) in [7, 11) is -2.03. The minimum atomic E-state index is -3.87. The fraction of sp³-hybridized carbons (Fsp3) is 0.576. The van der Waals surface area contributed by atoms with Crippen LogP contribution in [0.2, 0.25) is 5.15 Å². The van der Waals surface area contributed by atoms with Gasteiger partial charge in [0.05, 0.1) is 9.74 Å². The molecule has 0 bridgehead atoms. The Labute approximate surface area is 285 Å². The number of amides is 2. The molecule has 2 aromatic rings. The molecule has 1 aromatic carbocycles. The van der Waals surface area contributed by atoms with Gasteiger partial charge in [-0.25, -0.2) is 22.2 Å². The molecule has 3 heterocycles. The van der Waals surface area contributed by atoms with Crippen LogP contribution in [0.25, 0.3) is 4.85 Å². The summed E-state index contributed by atoms with van der Waals surface area (Å²) in [5.74, 6) is -4.17. The molecule has 0 radical (unpaired) electrons. The average molecular weight is 708 g/mol. The highest BCUT2D eigenvalue weighted by Gasteiger charge is 2.44. The van der Waals surface area contributed by atoms with Crippen LogP contribution >= 0.6 is 11.6 Å². The Balaban J connectivity index is 1.20. The third kappa shape index (κ3) is 8.25. The number of pyridine rings is 1. The Morgan fingerprint density at radius 3 is 2.31 bits per heavy atom. The molecule has 15 heteroatoms. The first-order valence-electron chi connectivity index (χ1n) is 16.1. The molecule has 2 aliphatic heterocycles. The molecule has 5 rings (SSSR count). The molecule has 48 heavy (non-hydrogen) atoms. The lowest BCUT2D eigenvalue weighted by molar-refractivity contribution is -0.117. The number of hydrogen-bond acceptors (Lipinski definition) is 8. The standard InChI is InChI=1S/C33H42ClF2N6O5S/c1-32(2,3)47-31(44)38-20-22-17-30(43)42(21-22)26-9-11-27(12-10-26)48(45,46)41-15-13-40(14-16-41)29-19-24(18-28(34)39-29)33(35,36)23-5-7-25(37-4)8-6-23/h9-12,18-19,22-23,25,37H,5-8,13-17,21H2,1-4H3/q+1. The quantitative estimate of drug-likeness (QED) is 0.363. The molecule has 3 aliphatic rings. The van der Waals surface area contributed by atoms with E-state index in [2.05, 4.69) is 21.2 Å². The van der Waals surface area contributed by atoms with Gasteiger partial charge in [-0.3, -0.25) is 4.79 Å². The summed E-state index contributed by atoms with van der Waals surface area (Å²) in [6.45, 7) is 6.14. The molecule has 2 amide bonds. The number of ether oxygens (including phenoxy) is 1. The van der Waals surface area contributed by atoms with E-state index in [0.29, 0.717) is 37.2 Å². The summed E-state index contributed by atoms with van der Waals surface area (Å²) >= 11 is 6.23. The number of piperazine rings is 1. The maximum absolute atomic E-state index is 15.6. The smallest absolute Gasteiger partial charge is 0.392 e. The van der Waals surface area contributed by atoms with Crippen molar-refractivity contribution in [1.82, 2.24) is 14.6 Å². The number of alkyl halides is 2. The van der Waals surface area contributed by atoms with Gasteiger partial charge in [0.25, 0.3) is 12.0 Å². The van der Waals surface area contributed by atoms with E-state index < -0.39 is 39.5 Å². The molecule has 2 saturated heterocycles. The molecule has 1 aromatic heterocycles. The van der Waals surface area contributed by atoms with Crippen LogP contribution < -0.4 is 15.1 Å². The van der Waals surface area contributed by atoms with Crippen molar-refractivity contribution in [2.45, 2.75) is 75.3 Å². The number of hydrogen-bond donors (Lipinski definition) is 1. The Hall–Kier alpha value is -3.38. The summed E-state index contributed by atoms with van der Waals surface area (Å²) in [6.07, 6.45) is 1.51. The second-order valence-corrected chi connectivity index (χ2v) is 15.8. The predicted molar refractivity (Wildman–Crippen MR) is 179 cm³/mol. The number of aromatic nitrogens is 1. The molecular formula is C33H42ClF2N6O5S+. The first kappa shape index (κ1) is 35.9. The lowest BCUT2D eigenvalue weighted by Gasteiger charge is -2.36. The molecule has 1 atom stereocenters. The van der Waals surface area contributed by atoms with Gasteiger partial charge in [-0.1, -0.05) is 11.6 Å². The molecule has 0 spiro atoms. The van der Waals surface area contributed by atoms with E-state index in [1.165, 1.54) is 33.5 Å². The number of rotatable bonds is 7. The lowest BCUT2D eigenvalue weighted by Crippen LogP contribution is -2.49. The molecular weight excluding hydrogens is 666 g/mol. The molecule has 1 saturated carbocycles. The number of halogens is 3. The molecule has 3 fully saturated rings. The number of nitrogens with one attached hydrogen (secondary N) is 1. The number of carbonyl (C=O) groups is 2. The van der Waals surface area contributed by atoms with Crippen LogP contribution in [0, 0.1) is 17.9 Å². The molecule has 260 valence electrons. The Morgan fingerprint density at radius 2 is 1.71 bits per heavy atom. The fourth-order valence-electron chi connectivity index (χ4n) is 6.39. The van der Waals surface area contributed by atoms with E-state index in [0.717, 1.165) is 0 Å². The summed E-state index contributed by atoms with van der Waals surface area (Å²) < 4.78 is 64.8. The van der Waals surface area contributed by atoms with Crippen molar-refractivity contribution < 1.29 is 31.5 Å². The normalized spacial score (nSPS) is 22.7. The van der Waals surface area contributed by atoms with Crippen LogP contribution in [-0.4, -0.2) is 81.1 Å². The maximum atomic E-state index is 15.6. The van der Waals surface area contributed by atoms with Crippen LogP contribution in [0.15, 0.2) is 41.3 Å². The van der Waals surface area contributed by atoms with Crippen molar-refractivity contribution in [3.05, 3.63) is 52.0 Å². The van der Waals surface area contributed by atoms with Gasteiger partial charge in [0.1, 0.15) is 22.5 Å².